The third-order valence-electron chi connectivity index (χ3n) is 3.79. The fourth-order valence-electron chi connectivity index (χ4n) is 2.45. The zero-order chi connectivity index (χ0) is 16.8. The van der Waals surface area contributed by atoms with Gasteiger partial charge in [-0.05, 0) is 49.8 Å². The number of amides is 1. The molecule has 1 aromatic carbocycles. The van der Waals surface area contributed by atoms with Gasteiger partial charge in [-0.2, -0.15) is 0 Å². The second kappa shape index (κ2) is 8.47. The van der Waals surface area contributed by atoms with Crippen molar-refractivity contribution in [1.82, 2.24) is 9.80 Å². The van der Waals surface area contributed by atoms with E-state index in [2.05, 4.69) is 18.7 Å². The maximum atomic E-state index is 12.5. The van der Waals surface area contributed by atoms with Crippen molar-refractivity contribution in [2.75, 3.05) is 26.2 Å². The van der Waals surface area contributed by atoms with Crippen molar-refractivity contribution in [1.29, 1.82) is 0 Å². The average molecular weight is 351 g/mol. The van der Waals surface area contributed by atoms with Crippen molar-refractivity contribution in [2.45, 2.75) is 20.3 Å². The van der Waals surface area contributed by atoms with Gasteiger partial charge in [0.15, 0.2) is 0 Å². The highest BCUT2D eigenvalue weighted by atomic mass is 32.2. The van der Waals surface area contributed by atoms with Crippen LogP contribution in [0.4, 0.5) is 0 Å². The lowest BCUT2D eigenvalue weighted by Gasteiger charge is -2.20. The van der Waals surface area contributed by atoms with Gasteiger partial charge in [0.1, 0.15) is 10.1 Å². The van der Waals surface area contributed by atoms with E-state index in [0.717, 1.165) is 31.6 Å². The van der Waals surface area contributed by atoms with Crippen LogP contribution in [0.5, 0.6) is 5.75 Å². The molecule has 2 rings (SSSR count). The average Bonchev–Trinajstić information content (AvgIpc) is 2.79. The van der Waals surface area contributed by atoms with Crippen molar-refractivity contribution in [3.05, 3.63) is 34.7 Å². The molecule has 1 saturated heterocycles. The fourth-order valence-corrected chi connectivity index (χ4v) is 3.76. The number of thiocarbonyl (C=S) groups is 1. The lowest BCUT2D eigenvalue weighted by atomic mass is 10.2. The van der Waals surface area contributed by atoms with Crippen LogP contribution in [0.15, 0.2) is 29.2 Å². The van der Waals surface area contributed by atoms with Crippen LogP contribution in [0.2, 0.25) is 0 Å². The summed E-state index contributed by atoms with van der Waals surface area (Å²) in [6, 6.07) is 6.85. The number of phenols is 1. The van der Waals surface area contributed by atoms with Crippen molar-refractivity contribution >= 4 is 40.3 Å². The Morgan fingerprint density at radius 2 is 2.09 bits per heavy atom. The number of hydrogen-bond donors (Lipinski definition) is 1. The van der Waals surface area contributed by atoms with Crippen LogP contribution in [-0.4, -0.2) is 51.3 Å². The second-order valence-electron chi connectivity index (χ2n) is 5.31. The number of nitrogens with zero attached hydrogens (tertiary/aromatic N) is 2. The number of phenolic OH excluding ortho intramolecular Hbond substituents is 1. The van der Waals surface area contributed by atoms with E-state index in [4.69, 9.17) is 12.2 Å². The van der Waals surface area contributed by atoms with Gasteiger partial charge in [0.2, 0.25) is 0 Å². The first kappa shape index (κ1) is 18.0. The first-order valence-electron chi connectivity index (χ1n) is 7.82. The molecule has 0 aliphatic carbocycles. The Bertz CT molecular complexity index is 612. The van der Waals surface area contributed by atoms with Crippen LogP contribution >= 0.6 is 24.0 Å². The molecule has 1 aromatic rings. The van der Waals surface area contributed by atoms with Crippen LogP contribution < -0.4 is 0 Å². The summed E-state index contributed by atoms with van der Waals surface area (Å²) in [5, 5.41) is 9.51. The smallest absolute Gasteiger partial charge is 0.266 e. The second-order valence-corrected chi connectivity index (χ2v) is 6.98. The van der Waals surface area contributed by atoms with Gasteiger partial charge < -0.3 is 10.0 Å². The largest absolute Gasteiger partial charge is 0.508 e. The van der Waals surface area contributed by atoms with E-state index in [1.165, 1.54) is 11.8 Å². The molecule has 1 N–H and O–H groups in total. The van der Waals surface area contributed by atoms with E-state index in [1.54, 1.807) is 29.2 Å². The summed E-state index contributed by atoms with van der Waals surface area (Å²) in [7, 11) is 0. The summed E-state index contributed by atoms with van der Waals surface area (Å²) in [4.78, 5) is 17.1. The monoisotopic (exact) mass is 350 g/mol. The van der Waals surface area contributed by atoms with E-state index in [0.29, 0.717) is 15.8 Å². The fraction of sp³-hybridized carbons (Fsp3) is 0.412. The lowest BCUT2D eigenvalue weighted by molar-refractivity contribution is -0.122. The van der Waals surface area contributed by atoms with E-state index in [9.17, 15) is 9.90 Å². The molecule has 0 saturated carbocycles. The van der Waals surface area contributed by atoms with Gasteiger partial charge in [0.25, 0.3) is 5.91 Å². The lowest BCUT2D eigenvalue weighted by Crippen LogP contribution is -2.32. The summed E-state index contributed by atoms with van der Waals surface area (Å²) >= 11 is 6.66. The van der Waals surface area contributed by atoms with Gasteiger partial charge in [-0.15, -0.1) is 0 Å². The Morgan fingerprint density at radius 1 is 1.35 bits per heavy atom. The minimum absolute atomic E-state index is 0.0390. The first-order valence-corrected chi connectivity index (χ1v) is 9.04. The summed E-state index contributed by atoms with van der Waals surface area (Å²) in [5.41, 5.74) is 0.800. The minimum atomic E-state index is -0.0390. The first-order chi connectivity index (χ1) is 11.0. The molecule has 0 unspecified atom stereocenters. The Balaban J connectivity index is 1.99. The van der Waals surface area contributed by atoms with Crippen LogP contribution in [0, 0.1) is 0 Å². The Labute approximate surface area is 147 Å². The summed E-state index contributed by atoms with van der Waals surface area (Å²) in [5.74, 6) is 0.149. The number of aromatic hydroxyl groups is 1. The highest BCUT2D eigenvalue weighted by Crippen LogP contribution is 2.32. The number of carbonyl (C=O) groups is 1. The molecular weight excluding hydrogens is 328 g/mol. The molecule has 1 fully saturated rings. The van der Waals surface area contributed by atoms with Crippen molar-refractivity contribution in [2.24, 2.45) is 0 Å². The normalized spacial score (nSPS) is 16.8. The maximum Gasteiger partial charge on any atom is 0.266 e. The van der Waals surface area contributed by atoms with Gasteiger partial charge in [0, 0.05) is 6.54 Å². The molecule has 23 heavy (non-hydrogen) atoms. The number of thioether (sulfide) groups is 1. The Hall–Kier alpha value is -1.37. The Kier molecular flexibility index (Phi) is 6.62. The molecule has 0 aromatic heterocycles. The van der Waals surface area contributed by atoms with E-state index < -0.39 is 0 Å². The molecule has 1 aliphatic rings. The standard InChI is InChI=1S/C17H22N2O2S2/c1-3-18(4-2)9-6-10-19-16(21)15(23-17(19)22)12-13-7-5-8-14(20)11-13/h5,7-8,11-12,20H,3-4,6,9-10H2,1-2H3/b15-12-. The van der Waals surface area contributed by atoms with Crippen LogP contribution in [0.25, 0.3) is 6.08 Å². The maximum absolute atomic E-state index is 12.5. The summed E-state index contributed by atoms with van der Waals surface area (Å²) in [6.07, 6.45) is 2.69. The predicted molar refractivity (Wildman–Crippen MR) is 100 cm³/mol. The quantitative estimate of drug-likeness (QED) is 0.604. The van der Waals surface area contributed by atoms with Crippen molar-refractivity contribution in [3.8, 4) is 5.75 Å². The van der Waals surface area contributed by atoms with E-state index in [-0.39, 0.29) is 11.7 Å². The number of carbonyl (C=O) groups excluding carboxylic acids is 1. The highest BCUT2D eigenvalue weighted by molar-refractivity contribution is 8.26. The third kappa shape index (κ3) is 4.80. The van der Waals surface area contributed by atoms with Gasteiger partial charge in [0.05, 0.1) is 4.91 Å². The minimum Gasteiger partial charge on any atom is -0.508 e. The predicted octanol–water partition coefficient (Wildman–Crippen LogP) is 3.33. The molecular formula is C17H22N2O2S2. The number of rotatable bonds is 7. The van der Waals surface area contributed by atoms with Crippen LogP contribution in [0.1, 0.15) is 25.8 Å². The number of hydrogen-bond acceptors (Lipinski definition) is 5. The molecule has 6 heteroatoms. The molecule has 1 amide bonds. The van der Waals surface area contributed by atoms with Crippen molar-refractivity contribution < 1.29 is 9.90 Å². The van der Waals surface area contributed by atoms with E-state index >= 15 is 0 Å². The van der Waals surface area contributed by atoms with Gasteiger partial charge in [-0.1, -0.05) is 50.0 Å². The third-order valence-corrected chi connectivity index (χ3v) is 5.17. The zero-order valence-corrected chi connectivity index (χ0v) is 15.1. The molecule has 124 valence electrons. The zero-order valence-electron chi connectivity index (χ0n) is 13.5. The number of benzene rings is 1. The molecule has 1 aliphatic heterocycles. The summed E-state index contributed by atoms with van der Waals surface area (Å²) < 4.78 is 0.612. The van der Waals surface area contributed by atoms with Gasteiger partial charge in [-0.3, -0.25) is 9.69 Å². The SMILES string of the molecule is CCN(CC)CCCN1C(=O)/C(=C/c2cccc(O)c2)SC1=S. The molecule has 0 radical (unpaired) electrons. The van der Waals surface area contributed by atoms with Crippen LogP contribution in [-0.2, 0) is 4.79 Å². The van der Waals surface area contributed by atoms with Crippen LogP contribution in [0.3, 0.4) is 0 Å². The molecule has 0 atom stereocenters. The van der Waals surface area contributed by atoms with Gasteiger partial charge in [-0.25, -0.2) is 0 Å². The summed E-state index contributed by atoms with van der Waals surface area (Å²) in [6.45, 7) is 7.94. The molecule has 1 heterocycles. The molecule has 0 bridgehead atoms. The highest BCUT2D eigenvalue weighted by Gasteiger charge is 2.31. The topological polar surface area (TPSA) is 43.8 Å². The molecule has 0 spiro atoms. The van der Waals surface area contributed by atoms with E-state index in [1.807, 2.05) is 6.07 Å². The van der Waals surface area contributed by atoms with Gasteiger partial charge >= 0.3 is 0 Å². The van der Waals surface area contributed by atoms with Crippen molar-refractivity contribution in [3.63, 3.8) is 0 Å². The molecule has 4 nitrogen and oxygen atoms in total. The Morgan fingerprint density at radius 3 is 2.74 bits per heavy atom.